The number of hydrogen-bond acceptors (Lipinski definition) is 6. The molecule has 2 aromatic rings. The van der Waals surface area contributed by atoms with E-state index in [1.165, 1.54) is 18.3 Å². The third kappa shape index (κ3) is 4.35. The fraction of sp³-hybridized carbons (Fsp3) is 0. The Labute approximate surface area is 118 Å². The van der Waals surface area contributed by atoms with Gasteiger partial charge in [0.15, 0.2) is 5.76 Å². The molecule has 9 heteroatoms. The third-order valence-corrected chi connectivity index (χ3v) is 2.18. The fourth-order valence-electron chi connectivity index (χ4n) is 1.27. The van der Waals surface area contributed by atoms with Gasteiger partial charge in [0.05, 0.1) is 12.3 Å². The molecule has 2 aromatic heterocycles. The normalized spacial score (nSPS) is 11.0. The second-order valence-electron chi connectivity index (χ2n) is 3.65. The maximum absolute atomic E-state index is 11.3. The molecular weight excluding hydrogens is 278 g/mol. The molecule has 0 radical (unpaired) electrons. The molecule has 0 aromatic carbocycles. The number of rotatable bonds is 4. The molecule has 0 aliphatic heterocycles. The number of carbonyl (C=O) groups excluding carboxylic acids is 1. The topological polar surface area (TPSA) is 123 Å². The van der Waals surface area contributed by atoms with E-state index in [9.17, 15) is 14.9 Å². The van der Waals surface area contributed by atoms with E-state index in [4.69, 9.17) is 4.42 Å². The molecule has 0 atom stereocenters. The average Bonchev–Trinajstić information content (AvgIpc) is 2.95. The van der Waals surface area contributed by atoms with Crippen molar-refractivity contribution in [3.8, 4) is 0 Å². The summed E-state index contributed by atoms with van der Waals surface area (Å²) < 4.78 is 4.81. The minimum atomic E-state index is -0.691. The number of hydrogen-bond donors (Lipinski definition) is 1. The highest BCUT2D eigenvalue weighted by molar-refractivity contribution is 5.91. The SMILES string of the molecule is O=C(/N=C/c1ccncc1)N/N=C/c1ccc([N+](=O)[O-])o1. The van der Waals surface area contributed by atoms with E-state index in [0.717, 1.165) is 6.21 Å². The Morgan fingerprint density at radius 2 is 2.05 bits per heavy atom. The zero-order valence-corrected chi connectivity index (χ0v) is 10.5. The van der Waals surface area contributed by atoms with Gasteiger partial charge in [-0.25, -0.2) is 10.2 Å². The first-order valence-corrected chi connectivity index (χ1v) is 5.66. The van der Waals surface area contributed by atoms with Gasteiger partial charge < -0.3 is 4.42 Å². The summed E-state index contributed by atoms with van der Waals surface area (Å²) in [6.45, 7) is 0. The van der Waals surface area contributed by atoms with Crippen molar-refractivity contribution in [3.05, 3.63) is 58.1 Å². The van der Waals surface area contributed by atoms with Crippen LogP contribution in [0.3, 0.4) is 0 Å². The summed E-state index contributed by atoms with van der Waals surface area (Å²) in [7, 11) is 0. The lowest BCUT2D eigenvalue weighted by Gasteiger charge is -1.92. The minimum Gasteiger partial charge on any atom is -0.400 e. The van der Waals surface area contributed by atoms with Crippen LogP contribution in [-0.2, 0) is 0 Å². The standard InChI is InChI=1S/C12H9N5O4/c18-12(14-7-9-3-5-13-6-4-9)16-15-8-10-1-2-11(21-10)17(19)20/h1-8H,(H,16,18)/b14-7+,15-8+. The molecule has 0 bridgehead atoms. The van der Waals surface area contributed by atoms with Gasteiger partial charge in [-0.05, 0) is 23.8 Å². The van der Waals surface area contributed by atoms with E-state index in [0.29, 0.717) is 5.56 Å². The summed E-state index contributed by atoms with van der Waals surface area (Å²) in [6.07, 6.45) is 5.62. The molecule has 0 aliphatic carbocycles. The summed E-state index contributed by atoms with van der Waals surface area (Å²) in [5.74, 6) is -0.265. The van der Waals surface area contributed by atoms with E-state index < -0.39 is 16.8 Å². The van der Waals surface area contributed by atoms with Gasteiger partial charge in [-0.2, -0.15) is 10.1 Å². The summed E-state index contributed by atoms with van der Waals surface area (Å²) in [4.78, 5) is 28.5. The Bertz CT molecular complexity index is 693. The van der Waals surface area contributed by atoms with Gasteiger partial charge in [0.1, 0.15) is 4.92 Å². The lowest BCUT2D eigenvalue weighted by molar-refractivity contribution is -0.402. The van der Waals surface area contributed by atoms with E-state index in [2.05, 4.69) is 20.5 Å². The van der Waals surface area contributed by atoms with Crippen LogP contribution in [-0.4, -0.2) is 28.4 Å². The molecule has 1 N–H and O–H groups in total. The highest BCUT2D eigenvalue weighted by Crippen LogP contribution is 2.13. The van der Waals surface area contributed by atoms with Crippen LogP contribution >= 0.6 is 0 Å². The maximum Gasteiger partial charge on any atom is 0.433 e. The first-order chi connectivity index (χ1) is 10.1. The molecule has 2 heterocycles. The molecule has 0 spiro atoms. The average molecular weight is 287 g/mol. The van der Waals surface area contributed by atoms with Gasteiger partial charge in [0, 0.05) is 18.6 Å². The Morgan fingerprint density at radius 3 is 2.71 bits per heavy atom. The van der Waals surface area contributed by atoms with Crippen molar-refractivity contribution in [2.24, 2.45) is 10.1 Å². The van der Waals surface area contributed by atoms with Crippen LogP contribution < -0.4 is 5.43 Å². The summed E-state index contributed by atoms with van der Waals surface area (Å²) >= 11 is 0. The molecule has 106 valence electrons. The quantitative estimate of drug-likeness (QED) is 0.521. The van der Waals surface area contributed by atoms with E-state index in [-0.39, 0.29) is 5.76 Å². The zero-order chi connectivity index (χ0) is 15.1. The van der Waals surface area contributed by atoms with Crippen LogP contribution in [0.4, 0.5) is 10.7 Å². The molecule has 0 unspecified atom stereocenters. The Morgan fingerprint density at radius 1 is 1.29 bits per heavy atom. The number of nitro groups is 1. The number of furan rings is 1. The van der Waals surface area contributed by atoms with E-state index in [1.807, 2.05) is 0 Å². The van der Waals surface area contributed by atoms with Crippen molar-refractivity contribution in [3.63, 3.8) is 0 Å². The van der Waals surface area contributed by atoms with E-state index >= 15 is 0 Å². The molecule has 21 heavy (non-hydrogen) atoms. The van der Waals surface area contributed by atoms with Crippen LogP contribution in [0.25, 0.3) is 0 Å². The van der Waals surface area contributed by atoms with Gasteiger partial charge in [0.25, 0.3) is 0 Å². The molecule has 2 amide bonds. The number of aliphatic imine (C=N–C) groups is 1. The largest absolute Gasteiger partial charge is 0.433 e. The number of hydrazone groups is 1. The smallest absolute Gasteiger partial charge is 0.400 e. The van der Waals surface area contributed by atoms with Gasteiger partial charge >= 0.3 is 11.9 Å². The molecule has 2 rings (SSSR count). The molecule has 0 aliphatic rings. The lowest BCUT2D eigenvalue weighted by Crippen LogP contribution is -2.12. The molecule has 0 fully saturated rings. The lowest BCUT2D eigenvalue weighted by atomic mass is 10.3. The van der Waals surface area contributed by atoms with Crippen molar-refractivity contribution < 1.29 is 14.1 Å². The van der Waals surface area contributed by atoms with Gasteiger partial charge in [0.2, 0.25) is 0 Å². The second kappa shape index (κ2) is 6.70. The number of aromatic nitrogens is 1. The highest BCUT2D eigenvalue weighted by atomic mass is 16.6. The first kappa shape index (κ1) is 14.1. The van der Waals surface area contributed by atoms with Crippen molar-refractivity contribution >= 4 is 24.3 Å². The number of nitrogens with zero attached hydrogens (tertiary/aromatic N) is 4. The van der Waals surface area contributed by atoms with Crippen molar-refractivity contribution in [2.75, 3.05) is 0 Å². The summed E-state index contributed by atoms with van der Waals surface area (Å²) in [5, 5.41) is 13.9. The first-order valence-electron chi connectivity index (χ1n) is 5.66. The van der Waals surface area contributed by atoms with E-state index in [1.54, 1.807) is 24.5 Å². The van der Waals surface area contributed by atoms with Crippen LogP contribution in [0.1, 0.15) is 11.3 Å². The Hall–Kier alpha value is -3.36. The Balaban J connectivity index is 1.87. The van der Waals surface area contributed by atoms with Crippen molar-refractivity contribution in [1.82, 2.24) is 10.4 Å². The van der Waals surface area contributed by atoms with Crippen LogP contribution in [0.2, 0.25) is 0 Å². The molecule has 9 nitrogen and oxygen atoms in total. The predicted octanol–water partition coefficient (Wildman–Crippen LogP) is 1.75. The molecular formula is C12H9N5O4. The summed E-state index contributed by atoms with van der Waals surface area (Å²) in [6, 6.07) is 5.21. The predicted molar refractivity (Wildman–Crippen MR) is 73.3 cm³/mol. The summed E-state index contributed by atoms with van der Waals surface area (Å²) in [5.41, 5.74) is 2.84. The van der Waals surface area contributed by atoms with Crippen LogP contribution in [0, 0.1) is 10.1 Å². The van der Waals surface area contributed by atoms with Gasteiger partial charge in [-0.15, -0.1) is 0 Å². The van der Waals surface area contributed by atoms with Gasteiger partial charge in [-0.3, -0.25) is 15.1 Å². The number of carbonyl (C=O) groups is 1. The third-order valence-electron chi connectivity index (χ3n) is 2.18. The zero-order valence-electron chi connectivity index (χ0n) is 10.5. The second-order valence-corrected chi connectivity index (χ2v) is 3.65. The number of urea groups is 1. The molecule has 0 saturated carbocycles. The number of amides is 2. The van der Waals surface area contributed by atoms with Crippen LogP contribution in [0.5, 0.6) is 0 Å². The Kier molecular flexibility index (Phi) is 4.49. The fourth-order valence-corrected chi connectivity index (χ4v) is 1.27. The maximum atomic E-state index is 11.3. The van der Waals surface area contributed by atoms with Crippen molar-refractivity contribution in [2.45, 2.75) is 0 Å². The number of pyridine rings is 1. The molecule has 0 saturated heterocycles. The minimum absolute atomic E-state index is 0.139. The van der Waals surface area contributed by atoms with Crippen molar-refractivity contribution in [1.29, 1.82) is 0 Å². The van der Waals surface area contributed by atoms with Gasteiger partial charge in [-0.1, -0.05) is 0 Å². The highest BCUT2D eigenvalue weighted by Gasteiger charge is 2.10. The van der Waals surface area contributed by atoms with Crippen LogP contribution in [0.15, 0.2) is 51.2 Å². The monoisotopic (exact) mass is 287 g/mol. The number of nitrogens with one attached hydrogen (secondary N) is 1.